The van der Waals surface area contributed by atoms with E-state index in [4.69, 9.17) is 10.1 Å². The second-order valence-electron chi connectivity index (χ2n) is 6.21. The Kier molecular flexibility index (Phi) is 5.33. The summed E-state index contributed by atoms with van der Waals surface area (Å²) in [5.41, 5.74) is 1.30. The molecule has 2 aliphatic rings. The number of hydrogen-bond donors (Lipinski definition) is 1. The molecule has 0 aliphatic carbocycles. The SMILES string of the molecule is CC1=NN2C(=N)C(=Cc3ccc(OCc4ccccc4F)c(Br)c3)C(=O)N=C2S1. The average Bonchev–Trinajstić information content (AvgIpc) is 3.06. The van der Waals surface area contributed by atoms with Crippen LogP contribution in [0, 0.1) is 11.2 Å². The van der Waals surface area contributed by atoms with Crippen molar-refractivity contribution in [1.82, 2.24) is 5.01 Å². The zero-order valence-electron chi connectivity index (χ0n) is 15.1. The highest BCUT2D eigenvalue weighted by molar-refractivity contribution is 9.10. The molecule has 0 atom stereocenters. The topological polar surface area (TPSA) is 78.1 Å². The molecule has 0 saturated carbocycles. The smallest absolute Gasteiger partial charge is 0.283 e. The molecule has 1 N–H and O–H groups in total. The number of ether oxygens (including phenoxy) is 1. The van der Waals surface area contributed by atoms with Crippen molar-refractivity contribution >= 4 is 55.7 Å². The normalized spacial score (nSPS) is 17.3. The lowest BCUT2D eigenvalue weighted by Crippen LogP contribution is -2.35. The van der Waals surface area contributed by atoms with E-state index in [0.717, 1.165) is 5.04 Å². The molecule has 2 aromatic rings. The highest BCUT2D eigenvalue weighted by Gasteiger charge is 2.34. The molecule has 0 aromatic heterocycles. The molecular weight excluding hydrogens is 459 g/mol. The van der Waals surface area contributed by atoms with E-state index >= 15 is 0 Å². The third-order valence-electron chi connectivity index (χ3n) is 4.16. The minimum Gasteiger partial charge on any atom is -0.488 e. The third kappa shape index (κ3) is 4.01. The first kappa shape index (κ1) is 19.5. The van der Waals surface area contributed by atoms with E-state index < -0.39 is 5.91 Å². The molecule has 0 spiro atoms. The van der Waals surface area contributed by atoms with Gasteiger partial charge in [-0.1, -0.05) is 24.3 Å². The van der Waals surface area contributed by atoms with Gasteiger partial charge in [-0.25, -0.2) is 4.39 Å². The quantitative estimate of drug-likeness (QED) is 0.647. The summed E-state index contributed by atoms with van der Waals surface area (Å²) in [4.78, 5) is 16.3. The molecular formula is C20H14BrFN4O2S. The molecule has 0 unspecified atom stereocenters. The molecule has 2 aromatic carbocycles. The predicted octanol–water partition coefficient (Wildman–Crippen LogP) is 4.81. The largest absolute Gasteiger partial charge is 0.488 e. The standard InChI is InChI=1S/C20H14BrFN4O2S/c1-11-25-26-18(23)14(19(27)24-20(26)29-11)8-12-6-7-17(15(21)9-12)28-10-13-4-2-3-5-16(13)22/h2-9,23H,10H2,1H3. The number of amidine groups is 2. The number of benzene rings is 2. The van der Waals surface area contributed by atoms with Crippen molar-refractivity contribution in [3.8, 4) is 5.75 Å². The van der Waals surface area contributed by atoms with Crippen LogP contribution in [0.5, 0.6) is 5.75 Å². The third-order valence-corrected chi connectivity index (χ3v) is 5.61. The number of nitrogens with one attached hydrogen (secondary N) is 1. The number of aliphatic imine (C=N–C) groups is 1. The molecule has 4 rings (SSSR count). The minimum atomic E-state index is -0.477. The highest BCUT2D eigenvalue weighted by atomic mass is 79.9. The first-order valence-corrected chi connectivity index (χ1v) is 10.2. The number of amides is 1. The van der Waals surface area contributed by atoms with Crippen LogP contribution >= 0.6 is 27.7 Å². The Morgan fingerprint density at radius 3 is 2.86 bits per heavy atom. The van der Waals surface area contributed by atoms with Crippen molar-refractivity contribution < 1.29 is 13.9 Å². The van der Waals surface area contributed by atoms with Crippen LogP contribution in [-0.2, 0) is 11.4 Å². The summed E-state index contributed by atoms with van der Waals surface area (Å²) in [6.07, 6.45) is 1.59. The van der Waals surface area contributed by atoms with E-state index in [1.165, 1.54) is 22.8 Å². The van der Waals surface area contributed by atoms with Gasteiger partial charge >= 0.3 is 0 Å². The van der Waals surface area contributed by atoms with Crippen LogP contribution in [0.3, 0.4) is 0 Å². The molecule has 146 valence electrons. The Bertz CT molecular complexity index is 1130. The van der Waals surface area contributed by atoms with E-state index in [1.807, 2.05) is 0 Å². The fraction of sp³-hybridized carbons (Fsp3) is 0.100. The molecule has 6 nitrogen and oxygen atoms in total. The average molecular weight is 473 g/mol. The van der Waals surface area contributed by atoms with Crippen LogP contribution in [0.2, 0.25) is 0 Å². The van der Waals surface area contributed by atoms with E-state index in [2.05, 4.69) is 26.0 Å². The molecule has 0 bridgehead atoms. The van der Waals surface area contributed by atoms with Gasteiger partial charge in [-0.2, -0.15) is 15.1 Å². The van der Waals surface area contributed by atoms with Crippen LogP contribution < -0.4 is 4.74 Å². The van der Waals surface area contributed by atoms with Crippen LogP contribution in [-0.4, -0.2) is 27.0 Å². The fourth-order valence-corrected chi connectivity index (χ4v) is 3.99. The van der Waals surface area contributed by atoms with E-state index in [1.54, 1.807) is 49.4 Å². The first-order chi connectivity index (χ1) is 13.9. The fourth-order valence-electron chi connectivity index (χ4n) is 2.75. The predicted molar refractivity (Wildman–Crippen MR) is 116 cm³/mol. The van der Waals surface area contributed by atoms with Crippen molar-refractivity contribution in [2.75, 3.05) is 0 Å². The minimum absolute atomic E-state index is 0.0136. The summed E-state index contributed by atoms with van der Waals surface area (Å²) in [6.45, 7) is 1.89. The number of thioether (sulfide) groups is 1. The Morgan fingerprint density at radius 2 is 2.10 bits per heavy atom. The number of halogens is 2. The van der Waals surface area contributed by atoms with Crippen molar-refractivity contribution in [3.05, 3.63) is 69.5 Å². The van der Waals surface area contributed by atoms with Crippen LogP contribution in [0.25, 0.3) is 6.08 Å². The van der Waals surface area contributed by atoms with E-state index in [9.17, 15) is 9.18 Å². The molecule has 29 heavy (non-hydrogen) atoms. The summed E-state index contributed by atoms with van der Waals surface area (Å²) in [5.74, 6) is -0.274. The molecule has 9 heteroatoms. The van der Waals surface area contributed by atoms with Gasteiger partial charge in [0, 0.05) is 5.56 Å². The Hall–Kier alpha value is -2.78. The number of rotatable bonds is 4. The van der Waals surface area contributed by atoms with Gasteiger partial charge in [-0.05, 0) is 64.5 Å². The van der Waals surface area contributed by atoms with Crippen molar-refractivity contribution in [3.63, 3.8) is 0 Å². The van der Waals surface area contributed by atoms with Gasteiger partial charge in [-0.3, -0.25) is 10.2 Å². The van der Waals surface area contributed by atoms with E-state index in [-0.39, 0.29) is 23.8 Å². The van der Waals surface area contributed by atoms with Crippen molar-refractivity contribution in [2.24, 2.45) is 10.1 Å². The van der Waals surface area contributed by atoms with Gasteiger partial charge in [0.15, 0.2) is 5.84 Å². The van der Waals surface area contributed by atoms with Gasteiger partial charge in [0.05, 0.1) is 15.1 Å². The molecule has 0 radical (unpaired) electrons. The maximum atomic E-state index is 13.7. The number of nitrogens with zero attached hydrogens (tertiary/aromatic N) is 3. The Labute approximate surface area is 178 Å². The lowest BCUT2D eigenvalue weighted by molar-refractivity contribution is -0.114. The Balaban J connectivity index is 1.54. The van der Waals surface area contributed by atoms with Gasteiger partial charge in [-0.15, -0.1) is 0 Å². The monoisotopic (exact) mass is 472 g/mol. The second-order valence-corrected chi connectivity index (χ2v) is 8.22. The van der Waals surface area contributed by atoms with Crippen LogP contribution in [0.15, 0.2) is 62.6 Å². The summed E-state index contributed by atoms with van der Waals surface area (Å²) >= 11 is 4.70. The summed E-state index contributed by atoms with van der Waals surface area (Å²) < 4.78 is 20.1. The number of fused-ring (bicyclic) bond motifs is 1. The maximum absolute atomic E-state index is 13.7. The molecule has 0 saturated heterocycles. The van der Waals surface area contributed by atoms with Crippen LogP contribution in [0.4, 0.5) is 4.39 Å². The zero-order valence-corrected chi connectivity index (χ0v) is 17.6. The number of carbonyl (C=O) groups is 1. The Morgan fingerprint density at radius 1 is 1.31 bits per heavy atom. The molecule has 2 heterocycles. The van der Waals surface area contributed by atoms with Gasteiger partial charge in [0.25, 0.3) is 5.91 Å². The number of hydrazone groups is 1. The van der Waals surface area contributed by atoms with Crippen LogP contribution in [0.1, 0.15) is 18.1 Å². The van der Waals surface area contributed by atoms with Gasteiger partial charge < -0.3 is 4.74 Å². The lowest BCUT2D eigenvalue weighted by Gasteiger charge is -2.20. The molecule has 0 fully saturated rings. The maximum Gasteiger partial charge on any atom is 0.283 e. The molecule has 1 amide bonds. The number of hydrogen-bond acceptors (Lipinski definition) is 5. The van der Waals surface area contributed by atoms with Gasteiger partial charge in [0.2, 0.25) is 5.17 Å². The summed E-state index contributed by atoms with van der Waals surface area (Å²) in [5, 5.41) is 15.0. The first-order valence-electron chi connectivity index (χ1n) is 8.55. The second kappa shape index (κ2) is 7.92. The van der Waals surface area contributed by atoms with Gasteiger partial charge in [0.1, 0.15) is 18.2 Å². The van der Waals surface area contributed by atoms with E-state index in [0.29, 0.717) is 26.5 Å². The van der Waals surface area contributed by atoms with Crippen molar-refractivity contribution in [2.45, 2.75) is 13.5 Å². The lowest BCUT2D eigenvalue weighted by atomic mass is 10.1. The highest BCUT2D eigenvalue weighted by Crippen LogP contribution is 2.30. The zero-order chi connectivity index (χ0) is 20.5. The molecule has 2 aliphatic heterocycles. The van der Waals surface area contributed by atoms with Crippen molar-refractivity contribution in [1.29, 1.82) is 5.41 Å². The number of carbonyl (C=O) groups excluding carboxylic acids is 1. The summed E-state index contributed by atoms with van der Waals surface area (Å²) in [6, 6.07) is 11.7. The summed E-state index contributed by atoms with van der Waals surface area (Å²) in [7, 11) is 0.